The number of aromatic amines is 1. The number of hydrogen-bond acceptors (Lipinski definition) is 6. The third-order valence-electron chi connectivity index (χ3n) is 3.91. The van der Waals surface area contributed by atoms with E-state index in [0.717, 1.165) is 0 Å². The van der Waals surface area contributed by atoms with Crippen LogP contribution in [0.5, 0.6) is 11.5 Å². The van der Waals surface area contributed by atoms with E-state index in [9.17, 15) is 24.6 Å². The number of nitrogen functional groups attached to an aromatic ring is 2. The second-order valence-corrected chi connectivity index (χ2v) is 5.80. The van der Waals surface area contributed by atoms with Gasteiger partial charge in [-0.3, -0.25) is 4.79 Å². The van der Waals surface area contributed by atoms with Gasteiger partial charge in [-0.2, -0.15) is 0 Å². The minimum absolute atomic E-state index is 0.153. The highest BCUT2D eigenvalue weighted by Crippen LogP contribution is 2.32. The molecule has 0 aliphatic heterocycles. The second-order valence-electron chi connectivity index (χ2n) is 5.80. The topological polar surface area (TPSA) is 169 Å². The first-order valence-corrected chi connectivity index (χ1v) is 7.94. The Morgan fingerprint density at radius 2 is 1.54 bits per heavy atom. The molecule has 0 radical (unpaired) electrons. The molecule has 3 aromatic rings. The van der Waals surface area contributed by atoms with Crippen molar-refractivity contribution in [3.8, 4) is 22.6 Å². The maximum absolute atomic E-state index is 12.1. The molecule has 1 heterocycles. The predicted molar refractivity (Wildman–Crippen MR) is 102 cm³/mol. The maximum atomic E-state index is 12.1. The third kappa shape index (κ3) is 3.49. The number of anilines is 2. The van der Waals surface area contributed by atoms with Crippen LogP contribution in [0, 0.1) is 0 Å². The SMILES string of the molecule is Nc1ccc(Oc2cccc(-c3c(C(=O)O)c(N)[nH]c(=O)c3C(=O)O)c2)cc1. The van der Waals surface area contributed by atoms with Crippen LogP contribution in [0.25, 0.3) is 11.1 Å². The van der Waals surface area contributed by atoms with E-state index in [0.29, 0.717) is 17.2 Å². The van der Waals surface area contributed by atoms with Gasteiger partial charge in [-0.25, -0.2) is 9.59 Å². The van der Waals surface area contributed by atoms with Gasteiger partial charge in [-0.15, -0.1) is 0 Å². The number of aromatic nitrogens is 1. The number of nitrogens with two attached hydrogens (primary N) is 2. The van der Waals surface area contributed by atoms with E-state index in [-0.39, 0.29) is 11.1 Å². The number of nitrogens with one attached hydrogen (secondary N) is 1. The van der Waals surface area contributed by atoms with Crippen molar-refractivity contribution in [2.75, 3.05) is 11.5 Å². The van der Waals surface area contributed by atoms with Crippen molar-refractivity contribution in [1.82, 2.24) is 4.98 Å². The summed E-state index contributed by atoms with van der Waals surface area (Å²) in [4.78, 5) is 37.4. The molecule has 0 saturated carbocycles. The summed E-state index contributed by atoms with van der Waals surface area (Å²) in [6.45, 7) is 0. The number of aromatic carboxylic acids is 2. The molecule has 0 atom stereocenters. The summed E-state index contributed by atoms with van der Waals surface area (Å²) in [6, 6.07) is 12.6. The molecule has 0 saturated heterocycles. The highest BCUT2D eigenvalue weighted by molar-refractivity contribution is 6.07. The smallest absolute Gasteiger partial charge is 0.342 e. The van der Waals surface area contributed by atoms with Crippen LogP contribution in [0.1, 0.15) is 20.7 Å². The molecule has 0 spiro atoms. The molecule has 2 aromatic carbocycles. The van der Waals surface area contributed by atoms with Crippen LogP contribution < -0.4 is 21.8 Å². The first-order chi connectivity index (χ1) is 13.3. The van der Waals surface area contributed by atoms with Crippen LogP contribution >= 0.6 is 0 Å². The summed E-state index contributed by atoms with van der Waals surface area (Å²) < 4.78 is 5.69. The molecular formula is C19H15N3O6. The quantitative estimate of drug-likeness (QED) is 0.420. The molecule has 1 aromatic heterocycles. The van der Waals surface area contributed by atoms with Gasteiger partial charge in [-0.05, 0) is 42.0 Å². The number of pyridine rings is 1. The summed E-state index contributed by atoms with van der Waals surface area (Å²) in [7, 11) is 0. The van der Waals surface area contributed by atoms with Crippen LogP contribution in [0.4, 0.5) is 11.5 Å². The Kier molecular flexibility index (Phi) is 4.73. The van der Waals surface area contributed by atoms with E-state index in [1.165, 1.54) is 18.2 Å². The lowest BCUT2D eigenvalue weighted by molar-refractivity contribution is 0.0695. The monoisotopic (exact) mass is 381 g/mol. The zero-order chi connectivity index (χ0) is 20.4. The van der Waals surface area contributed by atoms with Gasteiger partial charge < -0.3 is 31.4 Å². The molecule has 28 heavy (non-hydrogen) atoms. The molecule has 0 bridgehead atoms. The fourth-order valence-electron chi connectivity index (χ4n) is 2.72. The lowest BCUT2D eigenvalue weighted by Crippen LogP contribution is -2.24. The van der Waals surface area contributed by atoms with Gasteiger partial charge in [-0.1, -0.05) is 12.1 Å². The van der Waals surface area contributed by atoms with Gasteiger partial charge >= 0.3 is 11.9 Å². The highest BCUT2D eigenvalue weighted by Gasteiger charge is 2.26. The standard InChI is InChI=1S/C19H15N3O6/c20-10-4-6-11(7-5-10)28-12-3-1-2-9(8-12)13-14(18(24)25)16(21)22-17(23)15(13)19(26)27/h1-8H,20H2,(H,24,25)(H,26,27)(H3,21,22,23). The molecular weight excluding hydrogens is 366 g/mol. The largest absolute Gasteiger partial charge is 0.478 e. The molecule has 0 aliphatic carbocycles. The average Bonchev–Trinajstić information content (AvgIpc) is 2.62. The molecule has 142 valence electrons. The number of rotatable bonds is 5. The first kappa shape index (κ1) is 18.5. The summed E-state index contributed by atoms with van der Waals surface area (Å²) in [5, 5.41) is 18.9. The Bertz CT molecular complexity index is 1140. The van der Waals surface area contributed by atoms with Crippen LogP contribution in [0.2, 0.25) is 0 Å². The van der Waals surface area contributed by atoms with E-state index in [1.807, 2.05) is 0 Å². The number of benzene rings is 2. The Balaban J connectivity index is 2.18. The Labute approximate surface area is 157 Å². The number of hydrogen-bond donors (Lipinski definition) is 5. The summed E-state index contributed by atoms with van der Waals surface area (Å²) in [5.41, 5.74) is 9.42. The van der Waals surface area contributed by atoms with Gasteiger partial charge in [0.2, 0.25) is 0 Å². The summed E-state index contributed by atoms with van der Waals surface area (Å²) >= 11 is 0. The summed E-state index contributed by atoms with van der Waals surface area (Å²) in [5.74, 6) is -2.73. The highest BCUT2D eigenvalue weighted by atomic mass is 16.5. The lowest BCUT2D eigenvalue weighted by Gasteiger charge is -2.13. The average molecular weight is 381 g/mol. The molecule has 3 rings (SSSR count). The first-order valence-electron chi connectivity index (χ1n) is 7.94. The normalized spacial score (nSPS) is 10.4. The third-order valence-corrected chi connectivity index (χ3v) is 3.91. The van der Waals surface area contributed by atoms with Crippen LogP contribution in [-0.4, -0.2) is 27.1 Å². The number of carboxylic acid groups (broad SMARTS) is 2. The van der Waals surface area contributed by atoms with E-state index >= 15 is 0 Å². The van der Waals surface area contributed by atoms with Crippen molar-refractivity contribution >= 4 is 23.4 Å². The van der Waals surface area contributed by atoms with Crippen LogP contribution in [0.15, 0.2) is 53.3 Å². The zero-order valence-electron chi connectivity index (χ0n) is 14.3. The van der Waals surface area contributed by atoms with Gasteiger partial charge in [0.15, 0.2) is 0 Å². The van der Waals surface area contributed by atoms with Crippen molar-refractivity contribution in [3.05, 3.63) is 70.0 Å². The second kappa shape index (κ2) is 7.16. The van der Waals surface area contributed by atoms with Crippen molar-refractivity contribution < 1.29 is 24.5 Å². The van der Waals surface area contributed by atoms with Crippen molar-refractivity contribution in [3.63, 3.8) is 0 Å². The minimum Gasteiger partial charge on any atom is -0.478 e. The molecule has 9 nitrogen and oxygen atoms in total. The molecule has 0 fully saturated rings. The van der Waals surface area contributed by atoms with E-state index < -0.39 is 34.4 Å². The van der Waals surface area contributed by atoms with Crippen molar-refractivity contribution in [2.45, 2.75) is 0 Å². The lowest BCUT2D eigenvalue weighted by atomic mass is 9.95. The van der Waals surface area contributed by atoms with Gasteiger partial charge in [0.05, 0.1) is 0 Å². The number of ether oxygens (including phenoxy) is 1. The summed E-state index contributed by atoms with van der Waals surface area (Å²) in [6.07, 6.45) is 0. The van der Waals surface area contributed by atoms with E-state index in [2.05, 4.69) is 4.98 Å². The number of H-pyrrole nitrogens is 1. The number of carbonyl (C=O) groups is 2. The van der Waals surface area contributed by atoms with Gasteiger partial charge in [0.25, 0.3) is 5.56 Å². The molecule has 0 aliphatic rings. The fraction of sp³-hybridized carbons (Fsp3) is 0. The molecule has 0 unspecified atom stereocenters. The van der Waals surface area contributed by atoms with Crippen molar-refractivity contribution in [1.29, 1.82) is 0 Å². The predicted octanol–water partition coefficient (Wildman–Crippen LogP) is 2.40. The molecule has 9 heteroatoms. The van der Waals surface area contributed by atoms with E-state index in [4.69, 9.17) is 16.2 Å². The molecule has 7 N–H and O–H groups in total. The Morgan fingerprint density at radius 1 is 0.893 bits per heavy atom. The van der Waals surface area contributed by atoms with Crippen LogP contribution in [-0.2, 0) is 0 Å². The minimum atomic E-state index is -1.58. The number of carboxylic acids is 2. The van der Waals surface area contributed by atoms with Crippen molar-refractivity contribution in [2.24, 2.45) is 0 Å². The zero-order valence-corrected chi connectivity index (χ0v) is 14.3. The Hall–Kier alpha value is -4.27. The van der Waals surface area contributed by atoms with E-state index in [1.54, 1.807) is 30.3 Å². The maximum Gasteiger partial charge on any atom is 0.342 e. The van der Waals surface area contributed by atoms with Gasteiger partial charge in [0, 0.05) is 11.3 Å². The fourth-order valence-corrected chi connectivity index (χ4v) is 2.72. The van der Waals surface area contributed by atoms with Crippen LogP contribution in [0.3, 0.4) is 0 Å². The van der Waals surface area contributed by atoms with Gasteiger partial charge in [0.1, 0.15) is 28.4 Å². The Morgan fingerprint density at radius 3 is 2.14 bits per heavy atom. The molecule has 0 amide bonds.